The van der Waals surface area contributed by atoms with Gasteiger partial charge in [-0.15, -0.1) is 0 Å². The first kappa shape index (κ1) is 16.3. The lowest BCUT2D eigenvalue weighted by atomic mass is 10.2. The monoisotopic (exact) mass is 415 g/mol. The van der Waals surface area contributed by atoms with Gasteiger partial charge in [0.2, 0.25) is 0 Å². The van der Waals surface area contributed by atoms with Crippen molar-refractivity contribution >= 4 is 31.9 Å². The van der Waals surface area contributed by atoms with Crippen LogP contribution in [-0.2, 0) is 0 Å². The highest BCUT2D eigenvalue weighted by atomic mass is 79.9. The molecule has 0 amide bonds. The van der Waals surface area contributed by atoms with Gasteiger partial charge in [0.05, 0.1) is 34.0 Å². The molecule has 4 nitrogen and oxygen atoms in total. The smallest absolute Gasteiger partial charge is 0.145 e. The predicted molar refractivity (Wildman–Crippen MR) is 88.0 cm³/mol. The van der Waals surface area contributed by atoms with Crippen molar-refractivity contribution in [1.82, 2.24) is 4.98 Å². The predicted octanol–water partition coefficient (Wildman–Crippen LogP) is 4.85. The Hall–Kier alpha value is -1.11. The number of hydrogen-bond acceptors (Lipinski definition) is 4. The maximum Gasteiger partial charge on any atom is 0.145 e. The number of aromatic nitrogens is 1. The van der Waals surface area contributed by atoms with Crippen molar-refractivity contribution in [2.75, 3.05) is 7.11 Å². The number of hydrogen-bond donors (Lipinski definition) is 1. The number of aliphatic hydroxyl groups is 1. The van der Waals surface area contributed by atoms with Gasteiger partial charge in [0, 0.05) is 0 Å². The van der Waals surface area contributed by atoms with Gasteiger partial charge in [-0.25, -0.2) is 0 Å². The third-order valence-electron chi connectivity index (χ3n) is 2.92. The normalized spacial score (nSPS) is 12.0. The van der Waals surface area contributed by atoms with Gasteiger partial charge in [0.25, 0.3) is 0 Å². The molecule has 0 aliphatic carbocycles. The number of halogens is 2. The molecule has 0 fully saturated rings. The van der Waals surface area contributed by atoms with Crippen molar-refractivity contribution in [2.24, 2.45) is 0 Å². The Labute approximate surface area is 140 Å². The lowest BCUT2D eigenvalue weighted by Crippen LogP contribution is -1.98. The molecule has 112 valence electrons. The average Bonchev–Trinajstić information content (AvgIpc) is 2.50. The second-order valence-electron chi connectivity index (χ2n) is 4.36. The lowest BCUT2D eigenvalue weighted by Gasteiger charge is -2.12. The molecule has 2 aromatic rings. The van der Waals surface area contributed by atoms with Crippen LogP contribution < -0.4 is 9.47 Å². The standard InChI is InChI=1S/C15H15Br2NO3/c1-3-13(19)12-5-4-9(8-18-12)21-15-7-10(16)14(20-2)6-11(15)17/h4-8,13,19H,3H2,1-2H3/t13-/m1/s1. The SMILES string of the molecule is CC[C@@H](O)c1ccc(Oc2cc(Br)c(OC)cc2Br)cn1. The molecule has 0 saturated heterocycles. The second-order valence-corrected chi connectivity index (χ2v) is 6.07. The average molecular weight is 417 g/mol. The molecule has 6 heteroatoms. The quantitative estimate of drug-likeness (QED) is 0.756. The first-order chi connectivity index (χ1) is 10.0. The summed E-state index contributed by atoms with van der Waals surface area (Å²) >= 11 is 6.86. The van der Waals surface area contributed by atoms with Gasteiger partial charge in [0.15, 0.2) is 0 Å². The summed E-state index contributed by atoms with van der Waals surface area (Å²) in [5.41, 5.74) is 0.639. The van der Waals surface area contributed by atoms with Crippen LogP contribution in [0.2, 0.25) is 0 Å². The molecule has 0 spiro atoms. The zero-order chi connectivity index (χ0) is 15.4. The van der Waals surface area contributed by atoms with Gasteiger partial charge in [-0.2, -0.15) is 0 Å². The molecule has 0 aliphatic rings. The highest BCUT2D eigenvalue weighted by Crippen LogP contribution is 2.38. The van der Waals surface area contributed by atoms with Crippen LogP contribution in [-0.4, -0.2) is 17.2 Å². The third-order valence-corrected chi connectivity index (χ3v) is 4.16. The van der Waals surface area contributed by atoms with Crippen molar-refractivity contribution in [2.45, 2.75) is 19.4 Å². The highest BCUT2D eigenvalue weighted by molar-refractivity contribution is 9.11. The fraction of sp³-hybridized carbons (Fsp3) is 0.267. The summed E-state index contributed by atoms with van der Waals surface area (Å²) < 4.78 is 12.6. The van der Waals surface area contributed by atoms with E-state index in [2.05, 4.69) is 36.8 Å². The van der Waals surface area contributed by atoms with E-state index in [-0.39, 0.29) is 0 Å². The maximum atomic E-state index is 9.72. The van der Waals surface area contributed by atoms with E-state index in [1.54, 1.807) is 25.4 Å². The van der Waals surface area contributed by atoms with Gasteiger partial charge in [0.1, 0.15) is 17.2 Å². The lowest BCUT2D eigenvalue weighted by molar-refractivity contribution is 0.169. The van der Waals surface area contributed by atoms with Crippen LogP contribution in [0.1, 0.15) is 25.1 Å². The van der Waals surface area contributed by atoms with Crippen molar-refractivity contribution in [3.63, 3.8) is 0 Å². The summed E-state index contributed by atoms with van der Waals surface area (Å²) in [4.78, 5) is 4.20. The first-order valence-corrected chi connectivity index (χ1v) is 7.98. The molecule has 1 aromatic carbocycles. The van der Waals surface area contributed by atoms with E-state index in [4.69, 9.17) is 9.47 Å². The third kappa shape index (κ3) is 3.96. The molecule has 1 aromatic heterocycles. The molecule has 0 bridgehead atoms. The van der Waals surface area contributed by atoms with Gasteiger partial charge >= 0.3 is 0 Å². The topological polar surface area (TPSA) is 51.6 Å². The number of methoxy groups -OCH3 is 1. The van der Waals surface area contributed by atoms with Crippen LogP contribution in [0.4, 0.5) is 0 Å². The van der Waals surface area contributed by atoms with Crippen molar-refractivity contribution in [3.8, 4) is 17.2 Å². The zero-order valence-corrected chi connectivity index (χ0v) is 14.8. The minimum absolute atomic E-state index is 0.541. The van der Waals surface area contributed by atoms with Crippen LogP contribution in [0.25, 0.3) is 0 Å². The van der Waals surface area contributed by atoms with Crippen molar-refractivity contribution < 1.29 is 14.6 Å². The number of benzene rings is 1. The zero-order valence-electron chi connectivity index (χ0n) is 11.6. The van der Waals surface area contributed by atoms with Crippen LogP contribution >= 0.6 is 31.9 Å². The molecule has 1 heterocycles. The summed E-state index contributed by atoms with van der Waals surface area (Å²) in [6.07, 6.45) is 1.68. The molecular weight excluding hydrogens is 402 g/mol. The fourth-order valence-electron chi connectivity index (χ4n) is 1.73. The summed E-state index contributed by atoms with van der Waals surface area (Å²) in [6.45, 7) is 1.91. The Morgan fingerprint density at radius 2 is 1.86 bits per heavy atom. The summed E-state index contributed by atoms with van der Waals surface area (Å²) in [5.74, 6) is 1.96. The number of pyridine rings is 1. The van der Waals surface area contributed by atoms with Crippen LogP contribution in [0.5, 0.6) is 17.2 Å². The molecule has 0 unspecified atom stereocenters. The van der Waals surface area contributed by atoms with E-state index < -0.39 is 6.10 Å². The van der Waals surface area contributed by atoms with Gasteiger partial charge in [-0.05, 0) is 62.5 Å². The number of ether oxygens (including phenoxy) is 2. The molecule has 0 aliphatic heterocycles. The minimum atomic E-state index is -0.541. The van der Waals surface area contributed by atoms with Gasteiger partial charge in [-0.1, -0.05) is 6.92 Å². The van der Waals surface area contributed by atoms with Crippen molar-refractivity contribution in [3.05, 3.63) is 45.1 Å². The first-order valence-electron chi connectivity index (χ1n) is 6.40. The molecular formula is C15H15Br2NO3. The number of aliphatic hydroxyl groups excluding tert-OH is 1. The van der Waals surface area contributed by atoms with Gasteiger partial charge < -0.3 is 14.6 Å². The molecule has 1 N–H and O–H groups in total. The number of nitrogens with zero attached hydrogens (tertiary/aromatic N) is 1. The molecule has 1 atom stereocenters. The van der Waals surface area contributed by atoms with E-state index in [0.717, 1.165) is 8.95 Å². The molecule has 0 saturated carbocycles. The fourth-order valence-corrected chi connectivity index (χ4v) is 2.62. The Balaban J connectivity index is 2.20. The van der Waals surface area contributed by atoms with E-state index in [9.17, 15) is 5.11 Å². The Morgan fingerprint density at radius 1 is 1.19 bits per heavy atom. The molecule has 0 radical (unpaired) electrons. The largest absolute Gasteiger partial charge is 0.496 e. The Kier molecular flexibility index (Phi) is 5.61. The Bertz CT molecular complexity index is 617. The second kappa shape index (κ2) is 7.24. The summed E-state index contributed by atoms with van der Waals surface area (Å²) in [6, 6.07) is 7.18. The summed E-state index contributed by atoms with van der Waals surface area (Å²) in [7, 11) is 1.61. The van der Waals surface area contributed by atoms with E-state index in [1.807, 2.05) is 19.1 Å². The van der Waals surface area contributed by atoms with E-state index in [0.29, 0.717) is 29.4 Å². The van der Waals surface area contributed by atoms with E-state index >= 15 is 0 Å². The van der Waals surface area contributed by atoms with E-state index in [1.165, 1.54) is 0 Å². The number of rotatable bonds is 5. The van der Waals surface area contributed by atoms with Crippen molar-refractivity contribution in [1.29, 1.82) is 0 Å². The molecule has 21 heavy (non-hydrogen) atoms. The summed E-state index contributed by atoms with van der Waals surface area (Å²) in [5, 5.41) is 9.72. The van der Waals surface area contributed by atoms with Crippen LogP contribution in [0.3, 0.4) is 0 Å². The highest BCUT2D eigenvalue weighted by Gasteiger charge is 2.10. The minimum Gasteiger partial charge on any atom is -0.496 e. The Morgan fingerprint density at radius 3 is 2.43 bits per heavy atom. The van der Waals surface area contributed by atoms with Crippen LogP contribution in [0, 0.1) is 0 Å². The molecule has 2 rings (SSSR count). The van der Waals surface area contributed by atoms with Gasteiger partial charge in [-0.3, -0.25) is 4.98 Å². The van der Waals surface area contributed by atoms with Crippen LogP contribution in [0.15, 0.2) is 39.4 Å². The maximum absolute atomic E-state index is 9.72.